The molecule has 0 saturated carbocycles. The van der Waals surface area contributed by atoms with Gasteiger partial charge in [0.2, 0.25) is 11.8 Å². The van der Waals surface area contributed by atoms with Crippen molar-refractivity contribution in [3.8, 4) is 0 Å². The maximum absolute atomic E-state index is 11.6. The highest BCUT2D eigenvalue weighted by Gasteiger charge is 2.26. The lowest BCUT2D eigenvalue weighted by Crippen LogP contribution is -2.48. The molecular formula is C12H26ClN3O2. The SMILES string of the molecule is CN(C)C(=O)CCCNC(=O)[C@@H](N)C(C)(C)C.Cl. The molecule has 0 fully saturated rings. The van der Waals surface area contributed by atoms with Gasteiger partial charge < -0.3 is 16.0 Å². The van der Waals surface area contributed by atoms with Gasteiger partial charge in [0.25, 0.3) is 0 Å². The minimum absolute atomic E-state index is 0. The average molecular weight is 280 g/mol. The minimum atomic E-state index is -0.521. The first kappa shape index (κ1) is 19.5. The van der Waals surface area contributed by atoms with E-state index in [-0.39, 0.29) is 29.6 Å². The third-order valence-electron chi connectivity index (χ3n) is 2.58. The van der Waals surface area contributed by atoms with E-state index in [1.807, 2.05) is 20.8 Å². The number of halogens is 1. The number of carbonyl (C=O) groups is 2. The fourth-order valence-electron chi connectivity index (χ4n) is 1.18. The molecule has 0 radical (unpaired) electrons. The molecule has 3 N–H and O–H groups in total. The highest BCUT2D eigenvalue weighted by atomic mass is 35.5. The van der Waals surface area contributed by atoms with E-state index in [4.69, 9.17) is 5.73 Å². The van der Waals surface area contributed by atoms with Crippen LogP contribution in [0, 0.1) is 5.41 Å². The summed E-state index contributed by atoms with van der Waals surface area (Å²) in [5, 5.41) is 2.75. The second-order valence-corrected chi connectivity index (χ2v) is 5.53. The van der Waals surface area contributed by atoms with Crippen LogP contribution in [0.3, 0.4) is 0 Å². The van der Waals surface area contributed by atoms with Gasteiger partial charge in [-0.1, -0.05) is 20.8 Å². The Bertz CT molecular complexity index is 275. The van der Waals surface area contributed by atoms with Crippen LogP contribution in [0.4, 0.5) is 0 Å². The molecule has 0 bridgehead atoms. The monoisotopic (exact) mass is 279 g/mol. The molecule has 0 aromatic carbocycles. The van der Waals surface area contributed by atoms with E-state index in [1.165, 1.54) is 0 Å². The molecule has 5 nitrogen and oxygen atoms in total. The Morgan fingerprint density at radius 2 is 1.78 bits per heavy atom. The molecule has 0 aromatic rings. The van der Waals surface area contributed by atoms with Crippen LogP contribution in [0.1, 0.15) is 33.6 Å². The number of rotatable bonds is 5. The number of nitrogens with one attached hydrogen (secondary N) is 1. The summed E-state index contributed by atoms with van der Waals surface area (Å²) >= 11 is 0. The van der Waals surface area contributed by atoms with E-state index in [0.29, 0.717) is 19.4 Å². The largest absolute Gasteiger partial charge is 0.355 e. The van der Waals surface area contributed by atoms with E-state index in [0.717, 1.165) is 0 Å². The van der Waals surface area contributed by atoms with Gasteiger partial charge in [0.05, 0.1) is 6.04 Å². The standard InChI is InChI=1S/C12H25N3O2.ClH/c1-12(2,3)10(13)11(17)14-8-6-7-9(16)15(4)5;/h10H,6-8,13H2,1-5H3,(H,14,17);1H/t10-;/m1./s1. The molecule has 6 heteroatoms. The number of carbonyl (C=O) groups excluding carboxylic acids is 2. The zero-order valence-corrected chi connectivity index (χ0v) is 12.8. The Morgan fingerprint density at radius 1 is 1.28 bits per heavy atom. The van der Waals surface area contributed by atoms with Gasteiger partial charge in [-0.2, -0.15) is 0 Å². The molecule has 0 aliphatic rings. The van der Waals surface area contributed by atoms with E-state index < -0.39 is 6.04 Å². The molecule has 2 amide bonds. The van der Waals surface area contributed by atoms with E-state index in [2.05, 4.69) is 5.32 Å². The quantitative estimate of drug-likeness (QED) is 0.730. The summed E-state index contributed by atoms with van der Waals surface area (Å²) in [6.45, 7) is 6.26. The molecule has 108 valence electrons. The lowest BCUT2D eigenvalue weighted by Gasteiger charge is -2.25. The van der Waals surface area contributed by atoms with Crippen molar-refractivity contribution >= 4 is 24.2 Å². The molecule has 0 unspecified atom stereocenters. The lowest BCUT2D eigenvalue weighted by molar-refractivity contribution is -0.129. The van der Waals surface area contributed by atoms with Crippen molar-refractivity contribution in [1.29, 1.82) is 0 Å². The molecule has 1 atom stereocenters. The molecule has 0 aliphatic carbocycles. The lowest BCUT2D eigenvalue weighted by atomic mass is 9.87. The van der Waals surface area contributed by atoms with Crippen LogP contribution in [0.2, 0.25) is 0 Å². The summed E-state index contributed by atoms with van der Waals surface area (Å²) in [4.78, 5) is 24.5. The maximum Gasteiger partial charge on any atom is 0.237 e. The van der Waals surface area contributed by atoms with Crippen LogP contribution in [0.25, 0.3) is 0 Å². The van der Waals surface area contributed by atoms with Crippen LogP contribution in [-0.4, -0.2) is 43.4 Å². The summed E-state index contributed by atoms with van der Waals surface area (Å²) in [6.07, 6.45) is 1.08. The first-order chi connectivity index (χ1) is 7.66. The summed E-state index contributed by atoms with van der Waals surface area (Å²) < 4.78 is 0. The van der Waals surface area contributed by atoms with Crippen LogP contribution >= 0.6 is 12.4 Å². The molecule has 0 rings (SSSR count). The Kier molecular flexibility index (Phi) is 9.03. The van der Waals surface area contributed by atoms with Crippen molar-refractivity contribution in [2.45, 2.75) is 39.7 Å². The number of amides is 2. The first-order valence-electron chi connectivity index (χ1n) is 5.89. The summed E-state index contributed by atoms with van der Waals surface area (Å²) in [6, 6.07) is -0.521. The third kappa shape index (κ3) is 7.50. The molecule has 0 aromatic heterocycles. The molecule has 0 spiro atoms. The van der Waals surface area contributed by atoms with Gasteiger partial charge in [0, 0.05) is 27.1 Å². The predicted octanol–water partition coefficient (Wildman–Crippen LogP) is 0.766. The van der Waals surface area contributed by atoms with Gasteiger partial charge in [-0.3, -0.25) is 9.59 Å². The van der Waals surface area contributed by atoms with Crippen molar-refractivity contribution in [1.82, 2.24) is 10.2 Å². The summed E-state index contributed by atoms with van der Waals surface area (Å²) in [7, 11) is 3.44. The fraction of sp³-hybridized carbons (Fsp3) is 0.833. The predicted molar refractivity (Wildman–Crippen MR) is 75.6 cm³/mol. The number of nitrogens with zero attached hydrogens (tertiary/aromatic N) is 1. The Hall–Kier alpha value is -0.810. The number of hydrogen-bond donors (Lipinski definition) is 2. The summed E-state index contributed by atoms with van der Waals surface area (Å²) in [5.74, 6) is -0.0887. The van der Waals surface area contributed by atoms with Gasteiger partial charge in [0.1, 0.15) is 0 Å². The van der Waals surface area contributed by atoms with Crippen molar-refractivity contribution in [3.63, 3.8) is 0 Å². The average Bonchev–Trinajstić information content (AvgIpc) is 2.20. The Morgan fingerprint density at radius 3 is 2.17 bits per heavy atom. The summed E-state index contributed by atoms with van der Waals surface area (Å²) in [5.41, 5.74) is 5.55. The van der Waals surface area contributed by atoms with Gasteiger partial charge >= 0.3 is 0 Å². The molecular weight excluding hydrogens is 254 g/mol. The van der Waals surface area contributed by atoms with Crippen molar-refractivity contribution in [3.05, 3.63) is 0 Å². The van der Waals surface area contributed by atoms with Crippen molar-refractivity contribution in [2.24, 2.45) is 11.1 Å². The molecule has 0 heterocycles. The van der Waals surface area contributed by atoms with E-state index >= 15 is 0 Å². The van der Waals surface area contributed by atoms with Gasteiger partial charge in [-0.25, -0.2) is 0 Å². The second kappa shape index (κ2) is 8.32. The molecule has 0 aliphatic heterocycles. The molecule has 18 heavy (non-hydrogen) atoms. The van der Waals surface area contributed by atoms with Crippen LogP contribution < -0.4 is 11.1 Å². The highest BCUT2D eigenvalue weighted by molar-refractivity contribution is 5.85. The zero-order chi connectivity index (χ0) is 13.6. The normalized spacial score (nSPS) is 12.3. The third-order valence-corrected chi connectivity index (χ3v) is 2.58. The van der Waals surface area contributed by atoms with Crippen LogP contribution in [0.15, 0.2) is 0 Å². The Balaban J connectivity index is 0. The van der Waals surface area contributed by atoms with Crippen molar-refractivity contribution < 1.29 is 9.59 Å². The first-order valence-corrected chi connectivity index (χ1v) is 5.89. The van der Waals surface area contributed by atoms with Crippen LogP contribution in [0.5, 0.6) is 0 Å². The maximum atomic E-state index is 11.6. The minimum Gasteiger partial charge on any atom is -0.355 e. The Labute approximate surface area is 116 Å². The van der Waals surface area contributed by atoms with Gasteiger partial charge in [0.15, 0.2) is 0 Å². The van der Waals surface area contributed by atoms with Gasteiger partial charge in [-0.15, -0.1) is 12.4 Å². The molecule has 0 saturated heterocycles. The van der Waals surface area contributed by atoms with Crippen molar-refractivity contribution in [2.75, 3.05) is 20.6 Å². The fourth-order valence-corrected chi connectivity index (χ4v) is 1.18. The number of hydrogen-bond acceptors (Lipinski definition) is 3. The zero-order valence-electron chi connectivity index (χ0n) is 11.9. The van der Waals surface area contributed by atoms with E-state index in [9.17, 15) is 9.59 Å². The smallest absolute Gasteiger partial charge is 0.237 e. The van der Waals surface area contributed by atoms with Gasteiger partial charge in [-0.05, 0) is 11.8 Å². The van der Waals surface area contributed by atoms with Crippen LogP contribution in [-0.2, 0) is 9.59 Å². The van der Waals surface area contributed by atoms with E-state index in [1.54, 1.807) is 19.0 Å². The second-order valence-electron chi connectivity index (χ2n) is 5.53. The topological polar surface area (TPSA) is 75.4 Å². The highest BCUT2D eigenvalue weighted by Crippen LogP contribution is 2.16. The number of nitrogens with two attached hydrogens (primary N) is 1.